The van der Waals surface area contributed by atoms with Crippen molar-refractivity contribution in [3.8, 4) is 0 Å². The number of carbonyl (C=O) groups excluding carboxylic acids is 2. The van der Waals surface area contributed by atoms with Crippen LogP contribution in [0.3, 0.4) is 0 Å². The van der Waals surface area contributed by atoms with E-state index < -0.39 is 28.5 Å². The van der Waals surface area contributed by atoms with Gasteiger partial charge in [0.05, 0.1) is 20.6 Å². The largest absolute Gasteiger partial charge is 0.354 e. The SMILES string of the molecule is CCCCNC(=O)[C@@H](C)N(Cc1ccc(Cl)c(Cl)c1)C(=O)CN(c1cc(C)cc(C)c1)S(=O)(=O)c1ccc(C)cc1. The molecular weight excluding hydrogens is 581 g/mol. The lowest BCUT2D eigenvalue weighted by atomic mass is 10.1. The van der Waals surface area contributed by atoms with Crippen molar-refractivity contribution in [2.24, 2.45) is 0 Å². The molecule has 2 amide bonds. The second-order valence-corrected chi connectivity index (χ2v) is 12.9. The summed E-state index contributed by atoms with van der Waals surface area (Å²) >= 11 is 12.3. The van der Waals surface area contributed by atoms with Gasteiger partial charge in [0.2, 0.25) is 11.8 Å². The third kappa shape index (κ3) is 8.47. The molecule has 10 heteroatoms. The summed E-state index contributed by atoms with van der Waals surface area (Å²) in [5.74, 6) is -0.865. The van der Waals surface area contributed by atoms with Gasteiger partial charge in [-0.3, -0.25) is 13.9 Å². The zero-order valence-corrected chi connectivity index (χ0v) is 26.4. The van der Waals surface area contributed by atoms with Gasteiger partial charge in [-0.2, -0.15) is 0 Å². The van der Waals surface area contributed by atoms with E-state index in [0.717, 1.165) is 33.8 Å². The quantitative estimate of drug-likeness (QED) is 0.237. The molecule has 0 unspecified atom stereocenters. The van der Waals surface area contributed by atoms with Crippen LogP contribution in [0, 0.1) is 20.8 Å². The van der Waals surface area contributed by atoms with Crippen molar-refractivity contribution < 1.29 is 18.0 Å². The highest BCUT2D eigenvalue weighted by Gasteiger charge is 2.32. The number of rotatable bonds is 12. The third-order valence-electron chi connectivity index (χ3n) is 6.72. The maximum atomic E-state index is 14.0. The predicted octanol–water partition coefficient (Wildman–Crippen LogP) is 6.45. The number of halogens is 2. The molecule has 0 fully saturated rings. The Bertz CT molecular complexity index is 1470. The van der Waals surface area contributed by atoms with E-state index in [9.17, 15) is 18.0 Å². The van der Waals surface area contributed by atoms with E-state index in [0.29, 0.717) is 27.8 Å². The fourth-order valence-electron chi connectivity index (χ4n) is 4.41. The molecule has 0 radical (unpaired) electrons. The lowest BCUT2D eigenvalue weighted by Gasteiger charge is -2.32. The lowest BCUT2D eigenvalue weighted by Crippen LogP contribution is -2.51. The van der Waals surface area contributed by atoms with Gasteiger partial charge in [-0.1, -0.05) is 66.4 Å². The number of hydrogen-bond acceptors (Lipinski definition) is 4. The molecule has 220 valence electrons. The molecule has 0 saturated heterocycles. The summed E-state index contributed by atoms with van der Waals surface area (Å²) in [5, 5.41) is 3.55. The van der Waals surface area contributed by atoms with Crippen molar-refractivity contribution in [1.82, 2.24) is 10.2 Å². The normalized spacial score (nSPS) is 12.1. The Morgan fingerprint density at radius 1 is 0.878 bits per heavy atom. The number of unbranched alkanes of at least 4 members (excludes halogenated alkanes) is 1. The highest BCUT2D eigenvalue weighted by Crippen LogP contribution is 2.28. The van der Waals surface area contributed by atoms with Crippen LogP contribution < -0.4 is 9.62 Å². The molecule has 3 aromatic rings. The molecule has 0 bridgehead atoms. The lowest BCUT2D eigenvalue weighted by molar-refractivity contribution is -0.139. The maximum absolute atomic E-state index is 14.0. The topological polar surface area (TPSA) is 86.8 Å². The minimum Gasteiger partial charge on any atom is -0.354 e. The van der Waals surface area contributed by atoms with Crippen LogP contribution in [0.15, 0.2) is 65.6 Å². The van der Waals surface area contributed by atoms with Crippen LogP contribution in [0.25, 0.3) is 0 Å². The van der Waals surface area contributed by atoms with E-state index in [1.807, 2.05) is 33.8 Å². The van der Waals surface area contributed by atoms with Gasteiger partial charge >= 0.3 is 0 Å². The molecule has 3 rings (SSSR count). The summed E-state index contributed by atoms with van der Waals surface area (Å²) in [6.45, 7) is 9.26. The smallest absolute Gasteiger partial charge is 0.264 e. The number of nitrogens with zero attached hydrogens (tertiary/aromatic N) is 2. The van der Waals surface area contributed by atoms with E-state index in [2.05, 4.69) is 5.32 Å². The zero-order valence-electron chi connectivity index (χ0n) is 24.1. The number of sulfonamides is 1. The van der Waals surface area contributed by atoms with Gasteiger partial charge in [0, 0.05) is 13.1 Å². The molecule has 0 aromatic heterocycles. The Hall–Kier alpha value is -3.07. The Labute approximate surface area is 253 Å². The van der Waals surface area contributed by atoms with Crippen LogP contribution in [-0.2, 0) is 26.2 Å². The van der Waals surface area contributed by atoms with Crippen molar-refractivity contribution >= 4 is 50.7 Å². The second kappa shape index (κ2) is 14.2. The fraction of sp³-hybridized carbons (Fsp3) is 0.355. The van der Waals surface area contributed by atoms with Crippen molar-refractivity contribution in [2.75, 3.05) is 17.4 Å². The van der Waals surface area contributed by atoms with E-state index in [4.69, 9.17) is 23.2 Å². The predicted molar refractivity (Wildman–Crippen MR) is 166 cm³/mol. The number of benzene rings is 3. The van der Waals surface area contributed by atoms with Gasteiger partial charge in [-0.25, -0.2) is 8.42 Å². The van der Waals surface area contributed by atoms with Crippen LogP contribution >= 0.6 is 23.2 Å². The molecule has 7 nitrogen and oxygen atoms in total. The highest BCUT2D eigenvalue weighted by molar-refractivity contribution is 7.92. The second-order valence-electron chi connectivity index (χ2n) is 10.3. The van der Waals surface area contributed by atoms with Crippen molar-refractivity contribution in [1.29, 1.82) is 0 Å². The number of carbonyl (C=O) groups is 2. The molecular formula is C31H37Cl2N3O4S. The maximum Gasteiger partial charge on any atom is 0.264 e. The molecule has 3 aromatic carbocycles. The minimum absolute atomic E-state index is 0.0311. The first-order valence-electron chi connectivity index (χ1n) is 13.5. The Morgan fingerprint density at radius 2 is 1.51 bits per heavy atom. The first-order chi connectivity index (χ1) is 19.3. The molecule has 0 aliphatic heterocycles. The van der Waals surface area contributed by atoms with Gasteiger partial charge in [0.25, 0.3) is 10.0 Å². The molecule has 41 heavy (non-hydrogen) atoms. The molecule has 0 saturated carbocycles. The molecule has 0 heterocycles. The first kappa shape index (κ1) is 32.4. The summed E-state index contributed by atoms with van der Waals surface area (Å²) in [6, 6.07) is 16.0. The van der Waals surface area contributed by atoms with Crippen molar-refractivity contribution in [3.63, 3.8) is 0 Å². The summed E-state index contributed by atoms with van der Waals surface area (Å²) in [4.78, 5) is 28.6. The Morgan fingerprint density at radius 3 is 2.10 bits per heavy atom. The van der Waals surface area contributed by atoms with Gasteiger partial charge in [0.1, 0.15) is 12.6 Å². The van der Waals surface area contributed by atoms with E-state index in [1.54, 1.807) is 49.4 Å². The highest BCUT2D eigenvalue weighted by atomic mass is 35.5. The van der Waals surface area contributed by atoms with Crippen LogP contribution in [0.4, 0.5) is 5.69 Å². The number of nitrogens with one attached hydrogen (secondary N) is 1. The summed E-state index contributed by atoms with van der Waals surface area (Å²) < 4.78 is 29.1. The van der Waals surface area contributed by atoms with Crippen LogP contribution in [0.5, 0.6) is 0 Å². The monoisotopic (exact) mass is 617 g/mol. The van der Waals surface area contributed by atoms with Crippen LogP contribution in [-0.4, -0.2) is 44.3 Å². The summed E-state index contributed by atoms with van der Waals surface area (Å²) in [7, 11) is -4.13. The average molecular weight is 619 g/mol. The van der Waals surface area contributed by atoms with Crippen molar-refractivity contribution in [2.45, 2.75) is 64.9 Å². The Kier molecular flexibility index (Phi) is 11.2. The van der Waals surface area contributed by atoms with E-state index >= 15 is 0 Å². The number of hydrogen-bond donors (Lipinski definition) is 1. The molecule has 0 aliphatic rings. The Balaban J connectivity index is 2.05. The molecule has 0 aliphatic carbocycles. The van der Waals surface area contributed by atoms with E-state index in [1.165, 1.54) is 17.0 Å². The molecule has 0 spiro atoms. The fourth-order valence-corrected chi connectivity index (χ4v) is 6.13. The van der Waals surface area contributed by atoms with E-state index in [-0.39, 0.29) is 17.3 Å². The molecule has 1 N–H and O–H groups in total. The summed E-state index contributed by atoms with van der Waals surface area (Å²) in [6.07, 6.45) is 1.71. The summed E-state index contributed by atoms with van der Waals surface area (Å²) in [5.41, 5.74) is 3.64. The standard InChI is InChI=1S/C31H37Cl2N3O4S/c1-6-7-14-34-31(38)24(5)35(19-25-10-13-28(32)29(33)18-25)30(37)20-36(26-16-22(3)15-23(4)17-26)41(39,40)27-11-8-21(2)9-12-27/h8-13,15-18,24H,6-7,14,19-20H2,1-5H3,(H,34,38)/t24-/m1/s1. The molecule has 1 atom stereocenters. The zero-order chi connectivity index (χ0) is 30.3. The van der Waals surface area contributed by atoms with Gasteiger partial charge in [-0.05, 0) is 87.2 Å². The van der Waals surface area contributed by atoms with Gasteiger partial charge < -0.3 is 10.2 Å². The van der Waals surface area contributed by atoms with Crippen LogP contribution in [0.2, 0.25) is 10.0 Å². The minimum atomic E-state index is -4.13. The third-order valence-corrected chi connectivity index (χ3v) is 9.24. The van der Waals surface area contributed by atoms with Gasteiger partial charge in [0.15, 0.2) is 0 Å². The van der Waals surface area contributed by atoms with Crippen molar-refractivity contribution in [3.05, 3.63) is 93.0 Å². The number of amides is 2. The average Bonchev–Trinajstić information content (AvgIpc) is 2.91. The van der Waals surface area contributed by atoms with Gasteiger partial charge in [-0.15, -0.1) is 0 Å². The number of anilines is 1. The van der Waals surface area contributed by atoms with Crippen LogP contribution in [0.1, 0.15) is 48.9 Å². The first-order valence-corrected chi connectivity index (χ1v) is 15.7. The number of aryl methyl sites for hydroxylation is 3.